The summed E-state index contributed by atoms with van der Waals surface area (Å²) in [4.78, 5) is 12.4. The van der Waals surface area contributed by atoms with Crippen molar-refractivity contribution in [3.8, 4) is 0 Å². The first kappa shape index (κ1) is 13.0. The van der Waals surface area contributed by atoms with Gasteiger partial charge >= 0.3 is 0 Å². The van der Waals surface area contributed by atoms with Crippen molar-refractivity contribution in [2.45, 2.75) is 23.9 Å². The van der Waals surface area contributed by atoms with Gasteiger partial charge in [0.1, 0.15) is 18.3 Å². The molecule has 0 saturated carbocycles. The van der Waals surface area contributed by atoms with Crippen molar-refractivity contribution in [3.05, 3.63) is 34.9 Å². The number of hydrogen-bond acceptors (Lipinski definition) is 5. The summed E-state index contributed by atoms with van der Waals surface area (Å²) >= 11 is 5.76. The Morgan fingerprint density at radius 1 is 1.32 bits per heavy atom. The molecule has 19 heavy (non-hydrogen) atoms. The number of hydrogen-bond donors (Lipinski definition) is 2. The van der Waals surface area contributed by atoms with E-state index in [0.29, 0.717) is 10.6 Å². The van der Waals surface area contributed by atoms with Gasteiger partial charge in [0.25, 0.3) is 0 Å². The Bertz CT molecular complexity index is 502. The summed E-state index contributed by atoms with van der Waals surface area (Å²) in [6.45, 7) is -0.119. The first-order chi connectivity index (χ1) is 9.02. The van der Waals surface area contributed by atoms with E-state index in [1.165, 1.54) is 0 Å². The lowest BCUT2D eigenvalue weighted by atomic mass is 9.88. The van der Waals surface area contributed by atoms with Gasteiger partial charge in [0, 0.05) is 10.6 Å². The lowest BCUT2D eigenvalue weighted by Gasteiger charge is -2.25. The second-order valence-electron chi connectivity index (χ2n) is 4.86. The van der Waals surface area contributed by atoms with Crippen LogP contribution in [0.15, 0.2) is 24.3 Å². The standard InChI is InChI=1S/C13H13ClO5/c14-8-3-1-7(2-4-8)11(16)13(17)6-19-10-9(15)5-18-12(10)13/h1-4,9-10,12,15,17H,5-6H2/t9-,10+,12-,13-/m1/s1. The van der Waals surface area contributed by atoms with Crippen LogP contribution in [0.2, 0.25) is 5.02 Å². The predicted molar refractivity (Wildman–Crippen MR) is 66.2 cm³/mol. The molecule has 102 valence electrons. The van der Waals surface area contributed by atoms with E-state index in [-0.39, 0.29) is 13.2 Å². The molecule has 2 aliphatic heterocycles. The van der Waals surface area contributed by atoms with Gasteiger partial charge in [-0.15, -0.1) is 0 Å². The third-order valence-corrected chi connectivity index (χ3v) is 3.84. The van der Waals surface area contributed by atoms with Crippen LogP contribution in [-0.2, 0) is 9.47 Å². The summed E-state index contributed by atoms with van der Waals surface area (Å²) in [5.41, 5.74) is -1.42. The van der Waals surface area contributed by atoms with Gasteiger partial charge in [0.15, 0.2) is 11.4 Å². The van der Waals surface area contributed by atoms with Crippen molar-refractivity contribution in [1.82, 2.24) is 0 Å². The van der Waals surface area contributed by atoms with Crippen molar-refractivity contribution in [2.24, 2.45) is 0 Å². The maximum Gasteiger partial charge on any atom is 0.199 e. The number of fused-ring (bicyclic) bond motifs is 1. The molecule has 2 fully saturated rings. The monoisotopic (exact) mass is 284 g/mol. The largest absolute Gasteiger partial charge is 0.388 e. The molecule has 0 aliphatic carbocycles. The van der Waals surface area contributed by atoms with Crippen LogP contribution in [-0.4, -0.2) is 53.1 Å². The SMILES string of the molecule is O=C(c1ccc(Cl)cc1)[C@]1(O)CO[C@H]2[C@H](O)CO[C@H]21. The number of benzene rings is 1. The van der Waals surface area contributed by atoms with Crippen LogP contribution in [0.1, 0.15) is 10.4 Å². The molecule has 0 spiro atoms. The Morgan fingerprint density at radius 2 is 2.00 bits per heavy atom. The number of ether oxygens (including phenoxy) is 2. The fourth-order valence-electron chi connectivity index (χ4n) is 2.55. The number of ketones is 1. The Hall–Kier alpha value is -0.980. The molecule has 6 heteroatoms. The normalized spacial score (nSPS) is 37.3. The van der Waals surface area contributed by atoms with E-state index in [0.717, 1.165) is 0 Å². The minimum atomic E-state index is -1.75. The fourth-order valence-corrected chi connectivity index (χ4v) is 2.68. The number of carbonyl (C=O) groups excluding carboxylic acids is 1. The number of aliphatic hydroxyl groups is 2. The average molecular weight is 285 g/mol. The molecule has 1 aromatic carbocycles. The molecule has 0 bridgehead atoms. The van der Waals surface area contributed by atoms with Gasteiger partial charge in [0.2, 0.25) is 0 Å². The summed E-state index contributed by atoms with van der Waals surface area (Å²) in [7, 11) is 0. The van der Waals surface area contributed by atoms with Gasteiger partial charge in [-0.25, -0.2) is 0 Å². The molecule has 2 N–H and O–H groups in total. The maximum absolute atomic E-state index is 12.4. The molecule has 5 nitrogen and oxygen atoms in total. The first-order valence-electron chi connectivity index (χ1n) is 5.96. The van der Waals surface area contributed by atoms with Crippen LogP contribution < -0.4 is 0 Å². The van der Waals surface area contributed by atoms with Gasteiger partial charge in [-0.05, 0) is 24.3 Å². The zero-order chi connectivity index (χ0) is 13.6. The lowest BCUT2D eigenvalue weighted by Crippen LogP contribution is -2.50. The van der Waals surface area contributed by atoms with E-state index in [4.69, 9.17) is 21.1 Å². The Balaban J connectivity index is 1.89. The molecule has 1 aromatic rings. The van der Waals surface area contributed by atoms with E-state index in [1.54, 1.807) is 24.3 Å². The molecule has 4 atom stereocenters. The highest BCUT2D eigenvalue weighted by atomic mass is 35.5. The van der Waals surface area contributed by atoms with Crippen LogP contribution >= 0.6 is 11.6 Å². The van der Waals surface area contributed by atoms with E-state index in [1.807, 2.05) is 0 Å². The second-order valence-corrected chi connectivity index (χ2v) is 5.29. The predicted octanol–water partition coefficient (Wildman–Crippen LogP) is 0.412. The molecule has 2 saturated heterocycles. The number of rotatable bonds is 2. The summed E-state index contributed by atoms with van der Waals surface area (Å²) < 4.78 is 10.6. The van der Waals surface area contributed by atoms with Crippen LogP contribution in [0, 0.1) is 0 Å². The smallest absolute Gasteiger partial charge is 0.199 e. The third kappa shape index (κ3) is 1.98. The molecular formula is C13H13ClO5. The summed E-state index contributed by atoms with van der Waals surface area (Å²) in [5, 5.41) is 20.7. The first-order valence-corrected chi connectivity index (χ1v) is 6.34. The van der Waals surface area contributed by atoms with Gasteiger partial charge < -0.3 is 19.7 Å². The average Bonchev–Trinajstić information content (AvgIpc) is 2.93. The lowest BCUT2D eigenvalue weighted by molar-refractivity contribution is -0.0483. The quantitative estimate of drug-likeness (QED) is 0.770. The molecule has 3 rings (SSSR count). The third-order valence-electron chi connectivity index (χ3n) is 3.59. The zero-order valence-corrected chi connectivity index (χ0v) is 10.7. The minimum Gasteiger partial charge on any atom is -0.388 e. The Morgan fingerprint density at radius 3 is 2.68 bits per heavy atom. The number of halogens is 1. The van der Waals surface area contributed by atoms with E-state index in [9.17, 15) is 15.0 Å². The Labute approximate surface area is 114 Å². The van der Waals surface area contributed by atoms with Gasteiger partial charge in [-0.1, -0.05) is 11.6 Å². The summed E-state index contributed by atoms with van der Waals surface area (Å²) in [5.74, 6) is -0.481. The van der Waals surface area contributed by atoms with Crippen LogP contribution in [0.4, 0.5) is 0 Å². The van der Waals surface area contributed by atoms with E-state index in [2.05, 4.69) is 0 Å². The second kappa shape index (κ2) is 4.54. The van der Waals surface area contributed by atoms with Crippen LogP contribution in [0.3, 0.4) is 0 Å². The molecule has 0 aromatic heterocycles. The van der Waals surface area contributed by atoms with Gasteiger partial charge in [-0.3, -0.25) is 4.79 Å². The highest BCUT2D eigenvalue weighted by Crippen LogP contribution is 2.36. The minimum absolute atomic E-state index is 0.0611. The number of Topliss-reactive ketones (excluding diaryl/α,β-unsaturated/α-hetero) is 1. The van der Waals surface area contributed by atoms with Gasteiger partial charge in [0.05, 0.1) is 13.2 Å². The van der Waals surface area contributed by atoms with Crippen LogP contribution in [0.25, 0.3) is 0 Å². The van der Waals surface area contributed by atoms with E-state index >= 15 is 0 Å². The molecule has 0 amide bonds. The van der Waals surface area contributed by atoms with E-state index < -0.39 is 29.7 Å². The molecule has 0 unspecified atom stereocenters. The highest BCUT2D eigenvalue weighted by molar-refractivity contribution is 6.30. The fraction of sp³-hybridized carbons (Fsp3) is 0.462. The van der Waals surface area contributed by atoms with Crippen molar-refractivity contribution >= 4 is 17.4 Å². The number of carbonyl (C=O) groups is 1. The van der Waals surface area contributed by atoms with Crippen LogP contribution in [0.5, 0.6) is 0 Å². The van der Waals surface area contributed by atoms with Crippen molar-refractivity contribution in [1.29, 1.82) is 0 Å². The molecule has 2 aliphatic rings. The highest BCUT2D eigenvalue weighted by Gasteiger charge is 2.59. The topological polar surface area (TPSA) is 76.0 Å². The van der Waals surface area contributed by atoms with Gasteiger partial charge in [-0.2, -0.15) is 0 Å². The summed E-state index contributed by atoms with van der Waals surface area (Å²) in [6.07, 6.45) is -2.29. The van der Waals surface area contributed by atoms with Crippen molar-refractivity contribution in [3.63, 3.8) is 0 Å². The Kier molecular flexibility index (Phi) is 3.11. The van der Waals surface area contributed by atoms with Crippen molar-refractivity contribution < 1.29 is 24.5 Å². The number of aliphatic hydroxyl groups excluding tert-OH is 1. The van der Waals surface area contributed by atoms with Crippen molar-refractivity contribution in [2.75, 3.05) is 13.2 Å². The zero-order valence-electron chi connectivity index (χ0n) is 9.95. The maximum atomic E-state index is 12.4. The molecular weight excluding hydrogens is 272 g/mol. The molecule has 0 radical (unpaired) electrons. The molecule has 2 heterocycles. The summed E-state index contributed by atoms with van der Waals surface area (Å²) in [6, 6.07) is 6.24.